The van der Waals surface area contributed by atoms with E-state index in [0.29, 0.717) is 18.7 Å². The maximum Gasteiger partial charge on any atom is 0.254 e. The van der Waals surface area contributed by atoms with E-state index in [0.717, 1.165) is 41.3 Å². The molecule has 0 N–H and O–H groups in total. The fourth-order valence-corrected chi connectivity index (χ4v) is 6.07. The molecule has 0 saturated carbocycles. The third kappa shape index (κ3) is 5.12. The fourth-order valence-electron chi connectivity index (χ4n) is 5.17. The summed E-state index contributed by atoms with van der Waals surface area (Å²) in [7, 11) is 1.65. The van der Waals surface area contributed by atoms with Gasteiger partial charge in [-0.3, -0.25) is 9.59 Å². The highest BCUT2D eigenvalue weighted by Crippen LogP contribution is 2.38. The van der Waals surface area contributed by atoms with Crippen LogP contribution >= 0.6 is 11.3 Å². The number of unbranched alkanes of at least 4 members (excludes halogenated alkanes) is 1. The number of thiophene rings is 1. The standard InChI is InChI=1S/C31H32N2O3S/c1-3-4-18-32(31(35)26-11-7-9-22-8-5-6-10-25(22)26)21-29(34)33-19-16-28-27(17-20-37-28)30(33)23-12-14-24(36-2)15-13-23/h5-15,17,20,30H,3-4,16,18-19,21H2,1-2H3. The average Bonchev–Trinajstić information content (AvgIpc) is 3.43. The van der Waals surface area contributed by atoms with Gasteiger partial charge in [0, 0.05) is 23.5 Å². The second-order valence-electron chi connectivity index (χ2n) is 9.42. The van der Waals surface area contributed by atoms with Crippen molar-refractivity contribution in [3.8, 4) is 5.75 Å². The molecule has 1 aliphatic rings. The third-order valence-electron chi connectivity index (χ3n) is 7.13. The first kappa shape index (κ1) is 25.0. The predicted molar refractivity (Wildman–Crippen MR) is 149 cm³/mol. The van der Waals surface area contributed by atoms with E-state index in [2.05, 4.69) is 18.4 Å². The number of carbonyl (C=O) groups excluding carboxylic acids is 2. The van der Waals surface area contributed by atoms with Crippen molar-refractivity contribution in [1.82, 2.24) is 9.80 Å². The van der Waals surface area contributed by atoms with Crippen LogP contribution in [-0.4, -0.2) is 48.4 Å². The quantitative estimate of drug-likeness (QED) is 0.277. The Morgan fingerprint density at radius 1 is 1.03 bits per heavy atom. The van der Waals surface area contributed by atoms with Crippen molar-refractivity contribution in [2.24, 2.45) is 0 Å². The Labute approximate surface area is 222 Å². The zero-order valence-electron chi connectivity index (χ0n) is 21.4. The van der Waals surface area contributed by atoms with Crippen LogP contribution < -0.4 is 4.74 Å². The van der Waals surface area contributed by atoms with E-state index in [1.54, 1.807) is 23.3 Å². The molecular weight excluding hydrogens is 480 g/mol. The molecule has 0 aliphatic carbocycles. The molecule has 3 aromatic carbocycles. The largest absolute Gasteiger partial charge is 0.497 e. The number of fused-ring (bicyclic) bond motifs is 2. The molecule has 37 heavy (non-hydrogen) atoms. The number of rotatable bonds is 8. The molecule has 190 valence electrons. The van der Waals surface area contributed by atoms with Crippen LogP contribution in [-0.2, 0) is 11.2 Å². The highest BCUT2D eigenvalue weighted by atomic mass is 32.1. The first-order valence-corrected chi connectivity index (χ1v) is 13.8. The summed E-state index contributed by atoms with van der Waals surface area (Å²) < 4.78 is 5.35. The van der Waals surface area contributed by atoms with Crippen molar-refractivity contribution in [3.05, 3.63) is 99.7 Å². The van der Waals surface area contributed by atoms with Crippen LogP contribution in [0.2, 0.25) is 0 Å². The van der Waals surface area contributed by atoms with E-state index in [9.17, 15) is 9.59 Å². The molecule has 2 amide bonds. The van der Waals surface area contributed by atoms with Gasteiger partial charge in [0.05, 0.1) is 13.2 Å². The van der Waals surface area contributed by atoms with Crippen LogP contribution in [0.1, 0.15) is 52.2 Å². The Morgan fingerprint density at radius 3 is 2.59 bits per heavy atom. The Bertz CT molecular complexity index is 1390. The summed E-state index contributed by atoms with van der Waals surface area (Å²) in [6.07, 6.45) is 2.63. The minimum atomic E-state index is -0.172. The van der Waals surface area contributed by atoms with Crippen LogP contribution in [0, 0.1) is 0 Å². The van der Waals surface area contributed by atoms with Gasteiger partial charge >= 0.3 is 0 Å². The SMILES string of the molecule is CCCCN(CC(=O)N1CCc2sccc2C1c1ccc(OC)cc1)C(=O)c1cccc2ccccc12. The summed E-state index contributed by atoms with van der Waals surface area (Å²) in [5, 5.41) is 4.05. The number of hydrogen-bond donors (Lipinski definition) is 0. The van der Waals surface area contributed by atoms with Gasteiger partial charge in [-0.05, 0) is 64.4 Å². The minimum absolute atomic E-state index is 0.0256. The molecule has 1 aromatic heterocycles. The van der Waals surface area contributed by atoms with Crippen molar-refractivity contribution >= 4 is 33.9 Å². The van der Waals surface area contributed by atoms with Gasteiger partial charge < -0.3 is 14.5 Å². The van der Waals surface area contributed by atoms with Crippen molar-refractivity contribution in [3.63, 3.8) is 0 Å². The molecule has 0 radical (unpaired) electrons. The van der Waals surface area contributed by atoms with Crippen molar-refractivity contribution in [1.29, 1.82) is 0 Å². The molecule has 5 nitrogen and oxygen atoms in total. The molecule has 0 bridgehead atoms. The first-order valence-electron chi connectivity index (χ1n) is 12.9. The number of carbonyl (C=O) groups is 2. The van der Waals surface area contributed by atoms with E-state index < -0.39 is 0 Å². The molecule has 1 aliphatic heterocycles. The number of ether oxygens (including phenoxy) is 1. The highest BCUT2D eigenvalue weighted by molar-refractivity contribution is 7.10. The summed E-state index contributed by atoms with van der Waals surface area (Å²) in [5.41, 5.74) is 2.87. The van der Waals surface area contributed by atoms with E-state index >= 15 is 0 Å². The van der Waals surface area contributed by atoms with E-state index in [4.69, 9.17) is 4.74 Å². The summed E-state index contributed by atoms with van der Waals surface area (Å²) in [4.78, 5) is 32.7. The van der Waals surface area contributed by atoms with Crippen molar-refractivity contribution in [2.45, 2.75) is 32.2 Å². The summed E-state index contributed by atoms with van der Waals surface area (Å²) in [6, 6.07) is 23.6. The third-order valence-corrected chi connectivity index (χ3v) is 8.13. The lowest BCUT2D eigenvalue weighted by atomic mass is 9.93. The van der Waals surface area contributed by atoms with Gasteiger partial charge in [0.2, 0.25) is 5.91 Å². The van der Waals surface area contributed by atoms with Gasteiger partial charge in [0.1, 0.15) is 12.3 Å². The molecule has 6 heteroatoms. The summed E-state index contributed by atoms with van der Waals surface area (Å²) in [5.74, 6) is 0.671. The Balaban J connectivity index is 1.45. The van der Waals surface area contributed by atoms with Crippen LogP contribution in [0.3, 0.4) is 0 Å². The number of amides is 2. The maximum atomic E-state index is 13.9. The Morgan fingerprint density at radius 2 is 1.81 bits per heavy atom. The molecule has 5 rings (SSSR count). The maximum absolute atomic E-state index is 13.9. The number of benzene rings is 3. The van der Waals surface area contributed by atoms with Gasteiger partial charge in [-0.25, -0.2) is 0 Å². The van der Waals surface area contributed by atoms with E-state index in [1.807, 2.05) is 71.6 Å². The highest BCUT2D eigenvalue weighted by Gasteiger charge is 2.34. The van der Waals surface area contributed by atoms with Gasteiger partial charge in [-0.2, -0.15) is 0 Å². The van der Waals surface area contributed by atoms with Crippen molar-refractivity contribution < 1.29 is 14.3 Å². The fraction of sp³-hybridized carbons (Fsp3) is 0.290. The topological polar surface area (TPSA) is 49.9 Å². The van der Waals surface area contributed by atoms with Gasteiger partial charge in [-0.1, -0.05) is 61.9 Å². The van der Waals surface area contributed by atoms with Gasteiger partial charge in [-0.15, -0.1) is 11.3 Å². The molecule has 1 atom stereocenters. The molecule has 1 unspecified atom stereocenters. The lowest BCUT2D eigenvalue weighted by molar-refractivity contribution is -0.134. The van der Waals surface area contributed by atoms with Gasteiger partial charge in [0.25, 0.3) is 5.91 Å². The lowest BCUT2D eigenvalue weighted by Crippen LogP contribution is -2.47. The average molecular weight is 513 g/mol. The van der Waals surface area contributed by atoms with Crippen LogP contribution in [0.15, 0.2) is 78.2 Å². The normalized spacial score (nSPS) is 14.9. The Hall–Kier alpha value is -3.64. The molecule has 0 spiro atoms. The molecular formula is C31H32N2O3S. The monoisotopic (exact) mass is 512 g/mol. The van der Waals surface area contributed by atoms with E-state index in [-0.39, 0.29) is 24.4 Å². The molecule has 2 heterocycles. The minimum Gasteiger partial charge on any atom is -0.497 e. The number of methoxy groups -OCH3 is 1. The number of nitrogens with zero attached hydrogens (tertiary/aromatic N) is 2. The molecule has 0 saturated heterocycles. The smallest absolute Gasteiger partial charge is 0.254 e. The predicted octanol–water partition coefficient (Wildman–Crippen LogP) is 6.33. The lowest BCUT2D eigenvalue weighted by Gasteiger charge is -2.37. The molecule has 4 aromatic rings. The molecule has 0 fully saturated rings. The van der Waals surface area contributed by atoms with Crippen LogP contribution in [0.4, 0.5) is 0 Å². The van der Waals surface area contributed by atoms with Crippen molar-refractivity contribution in [2.75, 3.05) is 26.7 Å². The first-order chi connectivity index (χ1) is 18.1. The zero-order valence-corrected chi connectivity index (χ0v) is 22.2. The Kier molecular flexibility index (Phi) is 7.56. The zero-order chi connectivity index (χ0) is 25.8. The van der Waals surface area contributed by atoms with Gasteiger partial charge in [0.15, 0.2) is 0 Å². The summed E-state index contributed by atoms with van der Waals surface area (Å²) >= 11 is 1.75. The van der Waals surface area contributed by atoms with Crippen LogP contribution in [0.5, 0.6) is 5.75 Å². The number of hydrogen-bond acceptors (Lipinski definition) is 4. The van der Waals surface area contributed by atoms with E-state index in [1.165, 1.54) is 10.4 Å². The summed E-state index contributed by atoms with van der Waals surface area (Å²) in [6.45, 7) is 3.35. The second-order valence-corrected chi connectivity index (χ2v) is 10.4. The van der Waals surface area contributed by atoms with Crippen LogP contribution in [0.25, 0.3) is 10.8 Å². The second kappa shape index (κ2) is 11.2.